The summed E-state index contributed by atoms with van der Waals surface area (Å²) in [6.45, 7) is 0. The van der Waals surface area contributed by atoms with Gasteiger partial charge in [0.2, 0.25) is 0 Å². The van der Waals surface area contributed by atoms with Gasteiger partial charge in [0.1, 0.15) is 0 Å². The fourth-order valence-electron chi connectivity index (χ4n) is 1.81. The molecule has 1 aliphatic rings. The summed E-state index contributed by atoms with van der Waals surface area (Å²) in [5, 5.41) is 0. The van der Waals surface area contributed by atoms with E-state index >= 15 is 0 Å². The Morgan fingerprint density at radius 3 is 2.95 bits per heavy atom. The monoisotopic (exact) mass is 315 g/mol. The Morgan fingerprint density at radius 2 is 2.15 bits per heavy atom. The maximum Gasteiger partial charge on any atom is 0.266 e. The second-order valence-electron chi connectivity index (χ2n) is 4.33. The average molecular weight is 315 g/mol. The van der Waals surface area contributed by atoms with Crippen LogP contribution in [0.5, 0.6) is 0 Å². The molecule has 0 bridgehead atoms. The van der Waals surface area contributed by atoms with E-state index in [1.54, 1.807) is 0 Å². The smallest absolute Gasteiger partial charge is 0.252 e. The molecule has 2 rings (SSSR count). The lowest BCUT2D eigenvalue weighted by Crippen LogP contribution is -2.11. The Morgan fingerprint density at radius 1 is 1.35 bits per heavy atom. The van der Waals surface area contributed by atoms with Crippen LogP contribution in [0.2, 0.25) is 0 Å². The first-order valence-corrected chi connectivity index (χ1v) is 8.66. The summed E-state index contributed by atoms with van der Waals surface area (Å²) in [6, 6.07) is 7.69. The van der Waals surface area contributed by atoms with Crippen LogP contribution in [0.3, 0.4) is 0 Å². The minimum absolute atomic E-state index is 0.390. The number of halogens is 2. The van der Waals surface area contributed by atoms with Crippen LogP contribution in [0.4, 0.5) is 14.5 Å². The quantitative estimate of drug-likeness (QED) is 0.742. The van der Waals surface area contributed by atoms with Crippen LogP contribution in [0, 0.1) is 0 Å². The zero-order valence-electron chi connectivity index (χ0n) is 10.9. The van der Waals surface area contributed by atoms with Gasteiger partial charge in [-0.05, 0) is 37.0 Å². The van der Waals surface area contributed by atoms with Crippen molar-refractivity contribution < 1.29 is 13.0 Å². The van der Waals surface area contributed by atoms with Crippen LogP contribution in [-0.2, 0) is 16.6 Å². The van der Waals surface area contributed by atoms with Gasteiger partial charge in [-0.3, -0.25) is 4.21 Å². The molecule has 2 nitrogen and oxygen atoms in total. The molecule has 1 heterocycles. The van der Waals surface area contributed by atoms with Crippen molar-refractivity contribution >= 4 is 32.6 Å². The molecule has 0 fully saturated rings. The van der Waals surface area contributed by atoms with Gasteiger partial charge in [0.15, 0.2) is 4.38 Å². The largest absolute Gasteiger partial charge is 0.266 e. The second kappa shape index (κ2) is 7.69. The predicted molar refractivity (Wildman–Crippen MR) is 82.0 cm³/mol. The summed E-state index contributed by atoms with van der Waals surface area (Å²) in [4.78, 5) is 4.42. The molecule has 0 aromatic heterocycles. The van der Waals surface area contributed by atoms with E-state index in [4.69, 9.17) is 0 Å². The van der Waals surface area contributed by atoms with Crippen LogP contribution in [0.15, 0.2) is 41.4 Å². The fraction of sp³-hybridized carbons (Fsp3) is 0.357. The van der Waals surface area contributed by atoms with Crippen molar-refractivity contribution in [1.29, 1.82) is 0 Å². The molecule has 1 aliphatic heterocycles. The Balaban J connectivity index is 1.83. The van der Waals surface area contributed by atoms with Crippen molar-refractivity contribution in [2.45, 2.75) is 25.0 Å². The summed E-state index contributed by atoms with van der Waals surface area (Å²) in [6.07, 6.45) is 1.23. The molecule has 0 saturated carbocycles. The maximum atomic E-state index is 12.0. The third-order valence-corrected chi connectivity index (χ3v) is 5.60. The van der Waals surface area contributed by atoms with Gasteiger partial charge in [-0.15, -0.1) is 0 Å². The minimum atomic E-state index is -1.62. The Hall–Kier alpha value is -1.01. The topological polar surface area (TPSA) is 29.4 Å². The highest BCUT2D eigenvalue weighted by Crippen LogP contribution is 2.29. The van der Waals surface area contributed by atoms with E-state index in [9.17, 15) is 13.0 Å². The molecule has 0 amide bonds. The van der Waals surface area contributed by atoms with E-state index in [1.807, 2.05) is 24.3 Å². The van der Waals surface area contributed by atoms with Crippen molar-refractivity contribution in [1.82, 2.24) is 0 Å². The highest BCUT2D eigenvalue weighted by atomic mass is 32.2. The summed E-state index contributed by atoms with van der Waals surface area (Å²) in [5.41, 5.74) is 1.90. The third kappa shape index (κ3) is 4.52. The first-order chi connectivity index (χ1) is 9.66. The molecule has 0 spiro atoms. The number of hydrogen-bond donors (Lipinski definition) is 0. The van der Waals surface area contributed by atoms with Gasteiger partial charge < -0.3 is 0 Å². The zero-order valence-corrected chi connectivity index (χ0v) is 12.5. The summed E-state index contributed by atoms with van der Waals surface area (Å²) >= 11 is 1.47. The number of unbranched alkanes of at least 4 members (excludes halogenated alkanes) is 2. The lowest BCUT2D eigenvalue weighted by atomic mass is 10.2. The first kappa shape index (κ1) is 15.4. The molecule has 0 N–H and O–H groups in total. The molecule has 108 valence electrons. The van der Waals surface area contributed by atoms with E-state index in [1.165, 1.54) is 11.8 Å². The minimum Gasteiger partial charge on any atom is -0.252 e. The summed E-state index contributed by atoms with van der Waals surface area (Å²) in [7, 11) is -1.07. The van der Waals surface area contributed by atoms with Crippen molar-refractivity contribution in [2.24, 2.45) is 4.99 Å². The highest BCUT2D eigenvalue weighted by Gasteiger charge is 2.18. The van der Waals surface area contributed by atoms with Gasteiger partial charge in [-0.25, -0.2) is 4.99 Å². The summed E-state index contributed by atoms with van der Waals surface area (Å²) in [5.74, 6) is 1.27. The number of para-hydroxylation sites is 1. The molecule has 1 unspecified atom stereocenters. The number of thioether (sulfide) groups is 1. The van der Waals surface area contributed by atoms with Gasteiger partial charge in [0.05, 0.1) is 22.2 Å². The SMILES string of the molecule is O=S1Cc2ccccc2N=C1SCCCCC=C(F)F. The third-order valence-electron chi connectivity index (χ3n) is 2.81. The van der Waals surface area contributed by atoms with Crippen LogP contribution >= 0.6 is 11.8 Å². The van der Waals surface area contributed by atoms with Gasteiger partial charge in [0.25, 0.3) is 6.08 Å². The first-order valence-electron chi connectivity index (χ1n) is 6.36. The number of nitrogens with zero attached hydrogens (tertiary/aromatic N) is 1. The van der Waals surface area contributed by atoms with E-state index in [-0.39, 0.29) is 0 Å². The normalized spacial score (nSPS) is 17.3. The van der Waals surface area contributed by atoms with Crippen molar-refractivity contribution in [2.75, 3.05) is 5.75 Å². The second-order valence-corrected chi connectivity index (χ2v) is 7.04. The average Bonchev–Trinajstić information content (AvgIpc) is 2.42. The number of allylic oxidation sites excluding steroid dienone is 1. The van der Waals surface area contributed by atoms with E-state index in [0.717, 1.165) is 29.5 Å². The molecule has 0 saturated heterocycles. The number of aliphatic imine (C=N–C) groups is 1. The highest BCUT2D eigenvalue weighted by molar-refractivity contribution is 8.33. The van der Waals surface area contributed by atoms with Crippen LogP contribution in [0.25, 0.3) is 0 Å². The van der Waals surface area contributed by atoms with E-state index in [0.29, 0.717) is 23.0 Å². The molecule has 20 heavy (non-hydrogen) atoms. The van der Waals surface area contributed by atoms with E-state index in [2.05, 4.69) is 4.99 Å². The van der Waals surface area contributed by atoms with Crippen molar-refractivity contribution in [3.63, 3.8) is 0 Å². The predicted octanol–water partition coefficient (Wildman–Crippen LogP) is 4.62. The van der Waals surface area contributed by atoms with E-state index < -0.39 is 16.9 Å². The molecule has 1 aromatic rings. The standard InChI is InChI=1S/C14H15F2NOS2/c15-13(16)8-2-1-5-9-19-14-17-12-7-4-3-6-11(12)10-20(14)18/h3-4,6-8H,1-2,5,9-10H2. The van der Waals surface area contributed by atoms with Crippen LogP contribution < -0.4 is 0 Å². The number of benzene rings is 1. The molecule has 0 radical (unpaired) electrons. The van der Waals surface area contributed by atoms with Crippen molar-refractivity contribution in [3.05, 3.63) is 42.0 Å². The Labute approximate surface area is 123 Å². The molecule has 6 heteroatoms. The molecular weight excluding hydrogens is 300 g/mol. The Kier molecular flexibility index (Phi) is 5.91. The van der Waals surface area contributed by atoms with Crippen LogP contribution in [-0.4, -0.2) is 14.3 Å². The summed E-state index contributed by atoms with van der Waals surface area (Å²) < 4.78 is 36.3. The van der Waals surface area contributed by atoms with Crippen LogP contribution in [0.1, 0.15) is 24.8 Å². The number of rotatable bonds is 5. The fourth-order valence-corrected chi connectivity index (χ4v) is 4.30. The molecule has 1 aromatic carbocycles. The van der Waals surface area contributed by atoms with Gasteiger partial charge in [-0.1, -0.05) is 30.0 Å². The van der Waals surface area contributed by atoms with Gasteiger partial charge >= 0.3 is 0 Å². The zero-order chi connectivity index (χ0) is 14.4. The maximum absolute atomic E-state index is 12.0. The van der Waals surface area contributed by atoms with Gasteiger partial charge in [-0.2, -0.15) is 8.78 Å². The lowest BCUT2D eigenvalue weighted by Gasteiger charge is -2.14. The molecular formula is C14H15F2NOS2. The number of fused-ring (bicyclic) bond motifs is 1. The number of hydrogen-bond acceptors (Lipinski definition) is 3. The Bertz CT molecular complexity index is 554. The molecule has 1 atom stereocenters. The lowest BCUT2D eigenvalue weighted by molar-refractivity contribution is 0.417. The van der Waals surface area contributed by atoms with Gasteiger partial charge in [0, 0.05) is 5.75 Å². The molecule has 0 aliphatic carbocycles. The van der Waals surface area contributed by atoms with Crippen molar-refractivity contribution in [3.8, 4) is 0 Å².